The molecule has 0 spiro atoms. The van der Waals surface area contributed by atoms with Crippen LogP contribution in [0.2, 0.25) is 0 Å². The molecule has 0 radical (unpaired) electrons. The minimum absolute atomic E-state index is 0.192. The highest BCUT2D eigenvalue weighted by Crippen LogP contribution is 2.30. The largest absolute Gasteiger partial charge is 0.440 e. The van der Waals surface area contributed by atoms with Crippen LogP contribution in [0.1, 0.15) is 5.89 Å². The third-order valence-electron chi connectivity index (χ3n) is 2.33. The van der Waals surface area contributed by atoms with Gasteiger partial charge in [-0.15, -0.1) is 0 Å². The van der Waals surface area contributed by atoms with Gasteiger partial charge in [-0.25, -0.2) is 9.37 Å². The van der Waals surface area contributed by atoms with Crippen LogP contribution in [0.4, 0.5) is 10.1 Å². The monoisotopic (exact) mass is 251 g/mol. The molecular formula is C11H10FN3O3. The van der Waals surface area contributed by atoms with Gasteiger partial charge in [0.05, 0.1) is 22.7 Å². The first-order valence-corrected chi connectivity index (χ1v) is 5.21. The van der Waals surface area contributed by atoms with E-state index < -0.39 is 10.7 Å². The number of hydrogen-bond acceptors (Lipinski definition) is 5. The van der Waals surface area contributed by atoms with E-state index in [1.807, 2.05) is 0 Å². The van der Waals surface area contributed by atoms with E-state index in [-0.39, 0.29) is 17.0 Å². The van der Waals surface area contributed by atoms with E-state index >= 15 is 0 Å². The number of nitro benzene ring substituents is 1. The molecule has 0 aliphatic carbocycles. The number of rotatable bonds is 4. The van der Waals surface area contributed by atoms with Crippen molar-refractivity contribution in [1.82, 2.24) is 4.98 Å². The molecule has 0 fully saturated rings. The maximum absolute atomic E-state index is 13.0. The number of nitrogens with zero attached hydrogens (tertiary/aromatic N) is 2. The summed E-state index contributed by atoms with van der Waals surface area (Å²) in [6.07, 6.45) is 1.81. The highest BCUT2D eigenvalue weighted by atomic mass is 19.1. The van der Waals surface area contributed by atoms with Gasteiger partial charge < -0.3 is 10.2 Å². The minimum atomic E-state index is -0.674. The number of aromatic nitrogens is 1. The predicted molar refractivity (Wildman–Crippen MR) is 61.3 cm³/mol. The Kier molecular flexibility index (Phi) is 3.33. The van der Waals surface area contributed by atoms with Gasteiger partial charge in [0.1, 0.15) is 5.82 Å². The van der Waals surface area contributed by atoms with Gasteiger partial charge in [-0.1, -0.05) is 0 Å². The van der Waals surface area contributed by atoms with Crippen molar-refractivity contribution in [1.29, 1.82) is 0 Å². The molecule has 2 N–H and O–H groups in total. The highest BCUT2D eigenvalue weighted by molar-refractivity contribution is 5.68. The van der Waals surface area contributed by atoms with Gasteiger partial charge in [-0.2, -0.15) is 0 Å². The second-order valence-corrected chi connectivity index (χ2v) is 3.58. The Labute approximate surface area is 101 Å². The van der Waals surface area contributed by atoms with Crippen LogP contribution in [0.25, 0.3) is 11.3 Å². The quantitative estimate of drug-likeness (QED) is 0.661. The van der Waals surface area contributed by atoms with Gasteiger partial charge in [0, 0.05) is 13.0 Å². The van der Waals surface area contributed by atoms with E-state index in [4.69, 9.17) is 10.2 Å². The third-order valence-corrected chi connectivity index (χ3v) is 2.33. The Morgan fingerprint density at radius 3 is 2.94 bits per heavy atom. The van der Waals surface area contributed by atoms with E-state index in [9.17, 15) is 14.5 Å². The van der Waals surface area contributed by atoms with Gasteiger partial charge in [-0.3, -0.25) is 10.1 Å². The minimum Gasteiger partial charge on any atom is -0.440 e. The number of nitro groups is 1. The summed E-state index contributed by atoms with van der Waals surface area (Å²) in [5.74, 6) is -0.0524. The molecule has 0 amide bonds. The molecular weight excluding hydrogens is 241 g/mol. The Morgan fingerprint density at radius 2 is 2.28 bits per heavy atom. The van der Waals surface area contributed by atoms with E-state index in [0.717, 1.165) is 12.1 Å². The lowest BCUT2D eigenvalue weighted by molar-refractivity contribution is -0.384. The van der Waals surface area contributed by atoms with E-state index in [1.165, 1.54) is 12.3 Å². The lowest BCUT2D eigenvalue weighted by atomic mass is 10.1. The lowest BCUT2D eigenvalue weighted by Crippen LogP contribution is -2.02. The number of nitrogens with two attached hydrogens (primary N) is 1. The van der Waals surface area contributed by atoms with Gasteiger partial charge in [0.25, 0.3) is 5.69 Å². The maximum atomic E-state index is 13.0. The maximum Gasteiger partial charge on any atom is 0.283 e. The molecule has 1 aromatic carbocycles. The molecule has 0 aliphatic heterocycles. The molecule has 0 unspecified atom stereocenters. The average molecular weight is 251 g/mol. The van der Waals surface area contributed by atoms with Crippen LogP contribution in [-0.2, 0) is 6.42 Å². The first-order chi connectivity index (χ1) is 8.61. The van der Waals surface area contributed by atoms with Crippen molar-refractivity contribution in [3.05, 3.63) is 46.2 Å². The highest BCUT2D eigenvalue weighted by Gasteiger charge is 2.19. The van der Waals surface area contributed by atoms with Crippen LogP contribution in [0.5, 0.6) is 0 Å². The molecule has 0 saturated heterocycles. The molecule has 1 aromatic heterocycles. The zero-order valence-corrected chi connectivity index (χ0v) is 9.30. The first kappa shape index (κ1) is 12.2. The zero-order valence-electron chi connectivity index (χ0n) is 9.30. The predicted octanol–water partition coefficient (Wildman–Crippen LogP) is 1.89. The molecule has 2 aromatic rings. The molecule has 6 nitrogen and oxygen atoms in total. The van der Waals surface area contributed by atoms with E-state index in [0.29, 0.717) is 18.9 Å². The molecule has 7 heteroatoms. The fraction of sp³-hybridized carbons (Fsp3) is 0.182. The van der Waals surface area contributed by atoms with Crippen LogP contribution in [-0.4, -0.2) is 16.5 Å². The first-order valence-electron chi connectivity index (χ1n) is 5.21. The molecule has 18 heavy (non-hydrogen) atoms. The van der Waals surface area contributed by atoms with Crippen LogP contribution < -0.4 is 5.73 Å². The summed E-state index contributed by atoms with van der Waals surface area (Å²) >= 11 is 0. The fourth-order valence-corrected chi connectivity index (χ4v) is 1.54. The standard InChI is InChI=1S/C11H10FN3O3/c12-7-1-2-8(9(5-7)15(16)17)10-6-14-11(18-10)3-4-13/h1-2,5-6H,3-4,13H2. The number of hydrogen-bond donors (Lipinski definition) is 1. The molecule has 0 aliphatic rings. The summed E-state index contributed by atoms with van der Waals surface area (Å²) in [4.78, 5) is 14.1. The van der Waals surface area contributed by atoms with Crippen molar-refractivity contribution in [3.8, 4) is 11.3 Å². The fourth-order valence-electron chi connectivity index (χ4n) is 1.54. The second-order valence-electron chi connectivity index (χ2n) is 3.58. The lowest BCUT2D eigenvalue weighted by Gasteiger charge is -1.99. The van der Waals surface area contributed by atoms with Crippen LogP contribution in [0, 0.1) is 15.9 Å². The van der Waals surface area contributed by atoms with E-state index in [2.05, 4.69) is 4.98 Å². The smallest absolute Gasteiger partial charge is 0.283 e. The van der Waals surface area contributed by atoms with Crippen LogP contribution in [0.15, 0.2) is 28.8 Å². The summed E-state index contributed by atoms with van der Waals surface area (Å²) in [6, 6.07) is 3.27. The Bertz CT molecular complexity index is 583. The van der Waals surface area contributed by atoms with Crippen molar-refractivity contribution in [2.45, 2.75) is 6.42 Å². The molecule has 2 rings (SSSR count). The molecule has 94 valence electrons. The van der Waals surface area contributed by atoms with Crippen LogP contribution in [0.3, 0.4) is 0 Å². The van der Waals surface area contributed by atoms with E-state index in [1.54, 1.807) is 0 Å². The van der Waals surface area contributed by atoms with Gasteiger partial charge in [-0.05, 0) is 12.1 Å². The van der Waals surface area contributed by atoms with Crippen molar-refractivity contribution in [2.24, 2.45) is 5.73 Å². The SMILES string of the molecule is NCCc1ncc(-c2ccc(F)cc2[N+](=O)[O-])o1. The Morgan fingerprint density at radius 1 is 1.50 bits per heavy atom. The molecule has 1 heterocycles. The molecule has 0 atom stereocenters. The van der Waals surface area contributed by atoms with Gasteiger partial charge in [0.2, 0.25) is 0 Å². The number of benzene rings is 1. The topological polar surface area (TPSA) is 95.2 Å². The summed E-state index contributed by atoms with van der Waals surface area (Å²) in [5.41, 5.74) is 5.18. The van der Waals surface area contributed by atoms with Gasteiger partial charge in [0.15, 0.2) is 11.7 Å². The Hall–Kier alpha value is -2.28. The van der Waals surface area contributed by atoms with Crippen molar-refractivity contribution >= 4 is 5.69 Å². The van der Waals surface area contributed by atoms with Gasteiger partial charge >= 0.3 is 0 Å². The zero-order chi connectivity index (χ0) is 13.1. The summed E-state index contributed by atoms with van der Waals surface area (Å²) in [7, 11) is 0. The molecule has 0 bridgehead atoms. The van der Waals surface area contributed by atoms with Crippen molar-refractivity contribution in [2.75, 3.05) is 6.54 Å². The normalized spacial score (nSPS) is 10.6. The second kappa shape index (κ2) is 4.92. The summed E-state index contributed by atoms with van der Waals surface area (Å²) in [6.45, 7) is 0.367. The third kappa shape index (κ3) is 2.35. The van der Waals surface area contributed by atoms with Crippen molar-refractivity contribution in [3.63, 3.8) is 0 Å². The molecule has 0 saturated carbocycles. The number of halogens is 1. The van der Waals surface area contributed by atoms with Crippen LogP contribution >= 0.6 is 0 Å². The Balaban J connectivity index is 2.45. The average Bonchev–Trinajstić information content (AvgIpc) is 2.78. The summed E-state index contributed by atoms with van der Waals surface area (Å²) in [5, 5.41) is 10.8. The van der Waals surface area contributed by atoms with Crippen molar-refractivity contribution < 1.29 is 13.7 Å². The summed E-state index contributed by atoms with van der Waals surface area (Å²) < 4.78 is 18.3. The number of oxazole rings is 1.